The van der Waals surface area contributed by atoms with Gasteiger partial charge in [0.15, 0.2) is 17.0 Å². The molecule has 27 heavy (non-hydrogen) atoms. The lowest BCUT2D eigenvalue weighted by atomic mass is 9.86. The largest absolute Gasteiger partial charge is 0.494 e. The van der Waals surface area contributed by atoms with Crippen molar-refractivity contribution in [2.75, 3.05) is 7.11 Å². The molecule has 0 bridgehead atoms. The van der Waals surface area contributed by atoms with Crippen LogP contribution in [0.15, 0.2) is 47.5 Å². The summed E-state index contributed by atoms with van der Waals surface area (Å²) in [5.74, 6) is -1.36. The van der Waals surface area contributed by atoms with Gasteiger partial charge in [-0.05, 0) is 37.0 Å². The summed E-state index contributed by atoms with van der Waals surface area (Å²) < 4.78 is 29.3. The number of pyridine rings is 2. The number of halogens is 2. The number of rotatable bonds is 2. The molecule has 0 saturated heterocycles. The molecule has 0 spiro atoms. The SMILES string of the molecule is COc1cccc(F)c1F.O=c1cc(C2CCCCC2)[nH]c2ccncc12. The second-order valence-electron chi connectivity index (χ2n) is 6.60. The van der Waals surface area contributed by atoms with E-state index in [0.29, 0.717) is 11.3 Å². The van der Waals surface area contributed by atoms with E-state index in [0.717, 1.165) is 17.3 Å². The van der Waals surface area contributed by atoms with Gasteiger partial charge >= 0.3 is 0 Å². The van der Waals surface area contributed by atoms with Gasteiger partial charge in [-0.2, -0.15) is 4.39 Å². The topological polar surface area (TPSA) is 55.0 Å². The third-order valence-electron chi connectivity index (χ3n) is 4.83. The second kappa shape index (κ2) is 8.75. The standard InChI is InChI=1S/C14H16N2O.C7H6F2O/c17-14-8-13(10-4-2-1-3-5-10)16-12-6-7-15-9-11(12)14;1-10-6-4-2-3-5(8)7(6)9/h6-10H,1-5H2,(H,16,17);2-4H,1H3. The number of benzene rings is 1. The number of aromatic amines is 1. The van der Waals surface area contributed by atoms with Gasteiger partial charge in [-0.25, -0.2) is 4.39 Å². The number of hydrogen-bond donors (Lipinski definition) is 1. The fourth-order valence-electron chi connectivity index (χ4n) is 3.39. The fraction of sp³-hybridized carbons (Fsp3) is 0.333. The fourth-order valence-corrected chi connectivity index (χ4v) is 3.39. The number of nitrogens with one attached hydrogen (secondary N) is 1. The maximum atomic E-state index is 12.5. The van der Waals surface area contributed by atoms with Gasteiger partial charge in [-0.15, -0.1) is 0 Å². The molecule has 0 aliphatic heterocycles. The first-order chi connectivity index (χ1) is 13.1. The number of H-pyrrole nitrogens is 1. The van der Waals surface area contributed by atoms with Gasteiger partial charge in [-0.3, -0.25) is 9.78 Å². The zero-order valence-corrected chi connectivity index (χ0v) is 15.2. The van der Waals surface area contributed by atoms with E-state index in [1.807, 2.05) is 6.07 Å². The van der Waals surface area contributed by atoms with Gasteiger partial charge in [0.2, 0.25) is 5.82 Å². The van der Waals surface area contributed by atoms with Crippen LogP contribution in [-0.4, -0.2) is 17.1 Å². The molecule has 0 radical (unpaired) electrons. The molecule has 2 heterocycles. The minimum atomic E-state index is -0.940. The van der Waals surface area contributed by atoms with E-state index in [1.54, 1.807) is 18.5 Å². The summed E-state index contributed by atoms with van der Waals surface area (Å²) in [6, 6.07) is 7.43. The number of hydrogen-bond acceptors (Lipinski definition) is 3. The molecule has 0 atom stereocenters. The zero-order chi connectivity index (χ0) is 19.2. The van der Waals surface area contributed by atoms with Crippen molar-refractivity contribution < 1.29 is 13.5 Å². The van der Waals surface area contributed by atoms with Crippen LogP contribution >= 0.6 is 0 Å². The van der Waals surface area contributed by atoms with Crippen LogP contribution < -0.4 is 10.2 Å². The first-order valence-electron chi connectivity index (χ1n) is 9.05. The van der Waals surface area contributed by atoms with E-state index in [-0.39, 0.29) is 11.2 Å². The molecule has 3 aromatic rings. The van der Waals surface area contributed by atoms with Crippen LogP contribution in [0, 0.1) is 11.6 Å². The lowest BCUT2D eigenvalue weighted by Gasteiger charge is -2.21. The van der Waals surface area contributed by atoms with Crippen LogP contribution in [0.2, 0.25) is 0 Å². The van der Waals surface area contributed by atoms with Gasteiger partial charge in [0.05, 0.1) is 18.0 Å². The van der Waals surface area contributed by atoms with E-state index >= 15 is 0 Å². The molecule has 1 N–H and O–H groups in total. The number of nitrogens with zero attached hydrogens (tertiary/aromatic N) is 1. The normalized spacial score (nSPS) is 14.5. The monoisotopic (exact) mass is 372 g/mol. The highest BCUT2D eigenvalue weighted by Crippen LogP contribution is 2.31. The van der Waals surface area contributed by atoms with Crippen LogP contribution in [0.5, 0.6) is 5.75 Å². The molecular weight excluding hydrogens is 350 g/mol. The van der Waals surface area contributed by atoms with Gasteiger partial charge < -0.3 is 9.72 Å². The summed E-state index contributed by atoms with van der Waals surface area (Å²) in [6.45, 7) is 0. The van der Waals surface area contributed by atoms with Crippen molar-refractivity contribution in [3.05, 3.63) is 70.3 Å². The molecule has 0 unspecified atom stereocenters. The van der Waals surface area contributed by atoms with Crippen molar-refractivity contribution in [3.8, 4) is 5.75 Å². The summed E-state index contributed by atoms with van der Waals surface area (Å²) in [7, 11) is 1.29. The lowest BCUT2D eigenvalue weighted by molar-refractivity contribution is 0.372. The highest BCUT2D eigenvalue weighted by molar-refractivity contribution is 5.77. The van der Waals surface area contributed by atoms with E-state index in [4.69, 9.17) is 0 Å². The smallest absolute Gasteiger partial charge is 0.200 e. The number of ether oxygens (including phenoxy) is 1. The minimum Gasteiger partial charge on any atom is -0.494 e. The third-order valence-corrected chi connectivity index (χ3v) is 4.83. The average Bonchev–Trinajstić information content (AvgIpc) is 2.71. The Labute approximate surface area is 156 Å². The van der Waals surface area contributed by atoms with E-state index < -0.39 is 11.6 Å². The van der Waals surface area contributed by atoms with Crippen molar-refractivity contribution >= 4 is 10.9 Å². The van der Waals surface area contributed by atoms with Crippen LogP contribution in [0.4, 0.5) is 8.78 Å². The molecule has 142 valence electrons. The predicted octanol–water partition coefficient (Wildman–Crippen LogP) is 4.94. The highest BCUT2D eigenvalue weighted by Gasteiger charge is 2.17. The van der Waals surface area contributed by atoms with Gasteiger partial charge in [0, 0.05) is 24.2 Å². The molecular formula is C21H22F2N2O2. The predicted molar refractivity (Wildman–Crippen MR) is 101 cm³/mol. The maximum Gasteiger partial charge on any atom is 0.200 e. The van der Waals surface area contributed by atoms with Crippen molar-refractivity contribution in [1.29, 1.82) is 0 Å². The average molecular weight is 372 g/mol. The summed E-state index contributed by atoms with van der Waals surface area (Å²) in [4.78, 5) is 19.4. The Hall–Kier alpha value is -2.76. The number of fused-ring (bicyclic) bond motifs is 1. The van der Waals surface area contributed by atoms with Crippen LogP contribution in [0.1, 0.15) is 43.7 Å². The maximum absolute atomic E-state index is 12.5. The molecule has 1 aliphatic rings. The van der Waals surface area contributed by atoms with Gasteiger partial charge in [0.25, 0.3) is 0 Å². The Morgan fingerprint density at radius 2 is 1.93 bits per heavy atom. The summed E-state index contributed by atoms with van der Waals surface area (Å²) >= 11 is 0. The summed E-state index contributed by atoms with van der Waals surface area (Å²) in [6.07, 6.45) is 9.65. The Morgan fingerprint density at radius 3 is 2.63 bits per heavy atom. The molecule has 1 fully saturated rings. The third kappa shape index (κ3) is 4.51. The molecule has 2 aromatic heterocycles. The molecule has 1 aliphatic carbocycles. The van der Waals surface area contributed by atoms with E-state index in [2.05, 4.69) is 14.7 Å². The number of aromatic nitrogens is 2. The van der Waals surface area contributed by atoms with Crippen molar-refractivity contribution in [2.24, 2.45) is 0 Å². The van der Waals surface area contributed by atoms with E-state index in [1.165, 1.54) is 51.3 Å². The first kappa shape index (κ1) is 19.0. The van der Waals surface area contributed by atoms with E-state index in [9.17, 15) is 13.6 Å². The van der Waals surface area contributed by atoms with Gasteiger partial charge in [-0.1, -0.05) is 25.3 Å². The van der Waals surface area contributed by atoms with Gasteiger partial charge in [0.1, 0.15) is 0 Å². The van der Waals surface area contributed by atoms with Crippen LogP contribution in [-0.2, 0) is 0 Å². The molecule has 1 saturated carbocycles. The Balaban J connectivity index is 0.000000180. The molecule has 1 aromatic carbocycles. The second-order valence-corrected chi connectivity index (χ2v) is 6.60. The van der Waals surface area contributed by atoms with Crippen molar-refractivity contribution in [1.82, 2.24) is 9.97 Å². The molecule has 6 heteroatoms. The lowest BCUT2D eigenvalue weighted by Crippen LogP contribution is -2.11. The Morgan fingerprint density at radius 1 is 1.15 bits per heavy atom. The minimum absolute atomic E-state index is 0.0694. The van der Waals surface area contributed by atoms with Crippen LogP contribution in [0.25, 0.3) is 10.9 Å². The molecule has 4 rings (SSSR count). The zero-order valence-electron chi connectivity index (χ0n) is 15.2. The summed E-state index contributed by atoms with van der Waals surface area (Å²) in [5, 5.41) is 0.687. The van der Waals surface area contributed by atoms with Crippen molar-refractivity contribution in [3.63, 3.8) is 0 Å². The first-order valence-corrected chi connectivity index (χ1v) is 9.05. The highest BCUT2D eigenvalue weighted by atomic mass is 19.2. The Bertz CT molecular complexity index is 966. The number of methoxy groups -OCH3 is 1. The Kier molecular flexibility index (Phi) is 6.16. The van der Waals surface area contributed by atoms with Crippen molar-refractivity contribution in [2.45, 2.75) is 38.0 Å². The molecule has 4 nitrogen and oxygen atoms in total. The summed E-state index contributed by atoms with van der Waals surface area (Å²) in [5.41, 5.74) is 2.11. The van der Waals surface area contributed by atoms with Crippen LogP contribution in [0.3, 0.4) is 0 Å². The quantitative estimate of drug-likeness (QED) is 0.693. The molecule has 0 amide bonds.